The van der Waals surface area contributed by atoms with E-state index in [2.05, 4.69) is 46.8 Å². The van der Waals surface area contributed by atoms with Crippen LogP contribution in [0.1, 0.15) is 92.4 Å². The molecule has 0 aromatic carbocycles. The highest BCUT2D eigenvalue weighted by molar-refractivity contribution is 7.99. The van der Waals surface area contributed by atoms with Crippen LogP contribution in [-0.4, -0.2) is 55.3 Å². The van der Waals surface area contributed by atoms with Gasteiger partial charge in [-0.25, -0.2) is 0 Å². The van der Waals surface area contributed by atoms with E-state index in [1.54, 1.807) is 0 Å². The van der Waals surface area contributed by atoms with Crippen molar-refractivity contribution in [2.45, 2.75) is 122 Å². The first-order chi connectivity index (χ1) is 16.0. The van der Waals surface area contributed by atoms with E-state index in [-0.39, 0.29) is 22.9 Å². The van der Waals surface area contributed by atoms with E-state index >= 15 is 0 Å². The van der Waals surface area contributed by atoms with Crippen LogP contribution >= 0.6 is 11.8 Å². The summed E-state index contributed by atoms with van der Waals surface area (Å²) in [5.74, 6) is 1.95. The average Bonchev–Trinajstić information content (AvgIpc) is 3.07. The summed E-state index contributed by atoms with van der Waals surface area (Å²) in [5.41, 5.74) is 1.90. The molecular formula is C29H48O4S. The minimum Gasteiger partial charge on any atom is -0.393 e. The van der Waals surface area contributed by atoms with E-state index in [9.17, 15) is 20.4 Å². The van der Waals surface area contributed by atoms with Crippen LogP contribution in [0, 0.1) is 28.6 Å². The maximum absolute atomic E-state index is 11.3. The predicted octanol–water partition coefficient (Wildman–Crippen LogP) is 5.24. The second-order valence-electron chi connectivity index (χ2n) is 12.3. The van der Waals surface area contributed by atoms with E-state index in [1.165, 1.54) is 11.1 Å². The minimum atomic E-state index is -0.526. The fourth-order valence-electron chi connectivity index (χ4n) is 8.33. The molecule has 0 aliphatic heterocycles. The summed E-state index contributed by atoms with van der Waals surface area (Å²) in [5, 5.41) is 43.6. The van der Waals surface area contributed by atoms with Gasteiger partial charge in [0.2, 0.25) is 0 Å². The van der Waals surface area contributed by atoms with Gasteiger partial charge in [0.1, 0.15) is 0 Å². The highest BCUT2D eigenvalue weighted by Gasteiger charge is 2.61. The van der Waals surface area contributed by atoms with Gasteiger partial charge in [-0.3, -0.25) is 0 Å². The third-order valence-electron chi connectivity index (χ3n) is 10.8. The molecule has 5 heteroatoms. The fraction of sp³-hybridized carbons (Fsp3) is 0.862. The summed E-state index contributed by atoms with van der Waals surface area (Å²) in [4.78, 5) is 0. The maximum Gasteiger partial charge on any atom is 0.0661 e. The van der Waals surface area contributed by atoms with Gasteiger partial charge in [0.05, 0.1) is 23.9 Å². The standard InChI is InChI=1S/C29H48O4S/c1-6-29(33,7-2)12-8-14-34-18(3)26-24(31)17-23-21-10-9-19-15-20(30)16-25(32)28(19,5)22(21)11-13-27(23,26)4/h9-10,18,20,22-26,30-33H,6-8,11-17H2,1-5H3/t18-,20+,22-,23-,24+,25-,26-,27-,28-/m0/s1. The van der Waals surface area contributed by atoms with Crippen LogP contribution in [0.3, 0.4) is 0 Å². The largest absolute Gasteiger partial charge is 0.393 e. The van der Waals surface area contributed by atoms with Gasteiger partial charge in [-0.1, -0.05) is 57.9 Å². The summed E-state index contributed by atoms with van der Waals surface area (Å²) < 4.78 is 0. The van der Waals surface area contributed by atoms with Gasteiger partial charge >= 0.3 is 0 Å². The molecular weight excluding hydrogens is 444 g/mol. The Balaban J connectivity index is 1.48. The van der Waals surface area contributed by atoms with Gasteiger partial charge in [-0.15, -0.1) is 0 Å². The average molecular weight is 493 g/mol. The van der Waals surface area contributed by atoms with Crippen LogP contribution in [0.25, 0.3) is 0 Å². The molecule has 0 bridgehead atoms. The number of fused-ring (bicyclic) bond motifs is 5. The lowest BCUT2D eigenvalue weighted by Gasteiger charge is -2.56. The van der Waals surface area contributed by atoms with Gasteiger partial charge in [0.15, 0.2) is 0 Å². The highest BCUT2D eigenvalue weighted by Crippen LogP contribution is 2.66. The Morgan fingerprint density at radius 2 is 1.79 bits per heavy atom. The molecule has 34 heavy (non-hydrogen) atoms. The summed E-state index contributed by atoms with van der Waals surface area (Å²) in [7, 11) is 0. The monoisotopic (exact) mass is 492 g/mol. The maximum atomic E-state index is 11.3. The first kappa shape index (κ1) is 26.7. The molecule has 0 heterocycles. The Kier molecular flexibility index (Phi) is 7.74. The zero-order valence-electron chi connectivity index (χ0n) is 22.0. The number of hydrogen-bond acceptors (Lipinski definition) is 5. The van der Waals surface area contributed by atoms with Crippen LogP contribution in [0.4, 0.5) is 0 Å². The fourth-order valence-corrected chi connectivity index (χ4v) is 9.71. The Morgan fingerprint density at radius 1 is 1.09 bits per heavy atom. The molecule has 0 amide bonds. The molecule has 9 atom stereocenters. The SMILES string of the molecule is CCC(O)(CC)CCCS[C@@H](C)[C@H]1[C@H](O)C[C@H]2C3=CC=C4C[C@@H](O)C[C@H](O)[C@]4(C)[C@H]3CC[C@]12C. The van der Waals surface area contributed by atoms with E-state index < -0.39 is 17.8 Å². The lowest BCUT2D eigenvalue weighted by Crippen LogP contribution is -2.52. The molecule has 4 nitrogen and oxygen atoms in total. The third kappa shape index (κ3) is 4.36. The first-order valence-corrected chi connectivity index (χ1v) is 14.8. The van der Waals surface area contributed by atoms with Crippen LogP contribution in [0.5, 0.6) is 0 Å². The molecule has 3 saturated carbocycles. The molecule has 0 unspecified atom stereocenters. The van der Waals surface area contributed by atoms with E-state index in [0.29, 0.717) is 29.9 Å². The number of allylic oxidation sites excluding steroid dienone is 3. The van der Waals surface area contributed by atoms with Crippen molar-refractivity contribution in [2.24, 2.45) is 28.6 Å². The van der Waals surface area contributed by atoms with Crippen molar-refractivity contribution >= 4 is 11.8 Å². The Bertz CT molecular complexity index is 804. The summed E-state index contributed by atoms with van der Waals surface area (Å²) >= 11 is 1.97. The smallest absolute Gasteiger partial charge is 0.0661 e. The Hall–Kier alpha value is -0.330. The summed E-state index contributed by atoms with van der Waals surface area (Å²) in [6.45, 7) is 11.1. The number of thioether (sulfide) groups is 1. The zero-order valence-corrected chi connectivity index (χ0v) is 22.8. The van der Waals surface area contributed by atoms with Gasteiger partial charge in [-0.05, 0) is 74.4 Å². The molecule has 3 fully saturated rings. The lowest BCUT2D eigenvalue weighted by atomic mass is 9.49. The molecule has 0 aromatic heterocycles. The van der Waals surface area contributed by atoms with Crippen molar-refractivity contribution < 1.29 is 20.4 Å². The van der Waals surface area contributed by atoms with Gasteiger partial charge in [-0.2, -0.15) is 11.8 Å². The molecule has 0 radical (unpaired) electrons. The van der Waals surface area contributed by atoms with Gasteiger partial charge < -0.3 is 20.4 Å². The van der Waals surface area contributed by atoms with Gasteiger partial charge in [0, 0.05) is 23.0 Å². The van der Waals surface area contributed by atoms with Crippen molar-refractivity contribution in [3.8, 4) is 0 Å². The van der Waals surface area contributed by atoms with E-state index in [1.807, 2.05) is 11.8 Å². The van der Waals surface area contributed by atoms with Crippen LogP contribution in [0.2, 0.25) is 0 Å². The van der Waals surface area contributed by atoms with Crippen molar-refractivity contribution in [1.82, 2.24) is 0 Å². The molecule has 4 N–H and O–H groups in total. The second kappa shape index (κ2) is 9.85. The van der Waals surface area contributed by atoms with Gasteiger partial charge in [0.25, 0.3) is 0 Å². The lowest BCUT2D eigenvalue weighted by molar-refractivity contribution is -0.0534. The predicted molar refractivity (Wildman–Crippen MR) is 141 cm³/mol. The molecule has 0 spiro atoms. The zero-order chi connectivity index (χ0) is 24.9. The quantitative estimate of drug-likeness (QED) is 0.348. The van der Waals surface area contributed by atoms with Crippen molar-refractivity contribution in [2.75, 3.05) is 5.75 Å². The van der Waals surface area contributed by atoms with Crippen molar-refractivity contribution in [3.63, 3.8) is 0 Å². The normalized spacial score (nSPS) is 42.9. The van der Waals surface area contributed by atoms with E-state index in [4.69, 9.17) is 0 Å². The molecule has 0 saturated heterocycles. The van der Waals surface area contributed by atoms with Crippen molar-refractivity contribution in [3.05, 3.63) is 23.3 Å². The Labute approximate surface area is 211 Å². The third-order valence-corrected chi connectivity index (χ3v) is 12.1. The molecule has 0 aromatic rings. The second-order valence-corrected chi connectivity index (χ2v) is 13.8. The molecule has 194 valence electrons. The molecule has 4 aliphatic rings. The van der Waals surface area contributed by atoms with Crippen LogP contribution in [0.15, 0.2) is 23.3 Å². The number of aliphatic hydroxyl groups excluding tert-OH is 3. The van der Waals surface area contributed by atoms with Crippen LogP contribution in [-0.2, 0) is 0 Å². The Morgan fingerprint density at radius 3 is 2.47 bits per heavy atom. The molecule has 4 rings (SSSR count). The number of hydrogen-bond donors (Lipinski definition) is 4. The van der Waals surface area contributed by atoms with E-state index in [0.717, 1.165) is 50.7 Å². The topological polar surface area (TPSA) is 80.9 Å². The minimum absolute atomic E-state index is 0.0720. The van der Waals surface area contributed by atoms with Crippen molar-refractivity contribution in [1.29, 1.82) is 0 Å². The number of rotatable bonds is 8. The molecule has 4 aliphatic carbocycles. The van der Waals surface area contributed by atoms with Crippen LogP contribution < -0.4 is 0 Å². The summed E-state index contributed by atoms with van der Waals surface area (Å²) in [6.07, 6.45) is 10.8. The number of aliphatic hydroxyl groups is 4. The summed E-state index contributed by atoms with van der Waals surface area (Å²) in [6, 6.07) is 0. The first-order valence-electron chi connectivity index (χ1n) is 13.8. The highest BCUT2D eigenvalue weighted by atomic mass is 32.2.